The van der Waals surface area contributed by atoms with Crippen LogP contribution in [0.1, 0.15) is 5.56 Å². The van der Waals surface area contributed by atoms with Crippen molar-refractivity contribution >= 4 is 0 Å². The summed E-state index contributed by atoms with van der Waals surface area (Å²) in [5, 5.41) is 19.4. The molecule has 1 saturated heterocycles. The Balaban J connectivity index is 1.96. The number of ether oxygens (including phenoxy) is 3. The van der Waals surface area contributed by atoms with Gasteiger partial charge in [0.15, 0.2) is 6.29 Å². The molecule has 0 bridgehead atoms. The molecule has 4 atom stereocenters. The standard InChI is InChI=1S/C13H18O5/c1-16-13-12(11(15)10(14)8-18-13)17-7-9-5-3-2-4-6-9/h2-6,10-15H,7-8H2,1H3. The lowest BCUT2D eigenvalue weighted by Gasteiger charge is -2.37. The average molecular weight is 254 g/mol. The molecule has 0 aliphatic carbocycles. The monoisotopic (exact) mass is 254 g/mol. The van der Waals surface area contributed by atoms with Gasteiger partial charge in [-0.3, -0.25) is 0 Å². The molecule has 100 valence electrons. The molecule has 1 aliphatic heterocycles. The van der Waals surface area contributed by atoms with E-state index in [9.17, 15) is 10.2 Å². The summed E-state index contributed by atoms with van der Waals surface area (Å²) in [4.78, 5) is 0. The van der Waals surface area contributed by atoms with Gasteiger partial charge in [-0.05, 0) is 5.56 Å². The van der Waals surface area contributed by atoms with Gasteiger partial charge in [-0.15, -0.1) is 0 Å². The number of benzene rings is 1. The van der Waals surface area contributed by atoms with Crippen LogP contribution in [-0.2, 0) is 20.8 Å². The van der Waals surface area contributed by atoms with E-state index in [1.165, 1.54) is 7.11 Å². The van der Waals surface area contributed by atoms with Crippen LogP contribution in [-0.4, -0.2) is 48.5 Å². The van der Waals surface area contributed by atoms with E-state index in [4.69, 9.17) is 14.2 Å². The molecule has 0 radical (unpaired) electrons. The van der Waals surface area contributed by atoms with E-state index < -0.39 is 24.6 Å². The van der Waals surface area contributed by atoms with Crippen LogP contribution in [0.2, 0.25) is 0 Å². The van der Waals surface area contributed by atoms with E-state index in [-0.39, 0.29) is 6.61 Å². The molecule has 0 spiro atoms. The molecule has 5 heteroatoms. The van der Waals surface area contributed by atoms with Gasteiger partial charge < -0.3 is 24.4 Å². The summed E-state index contributed by atoms with van der Waals surface area (Å²) in [6, 6.07) is 9.59. The Bertz CT molecular complexity index is 354. The lowest BCUT2D eigenvalue weighted by Crippen LogP contribution is -2.54. The molecule has 1 aromatic rings. The predicted octanol–water partition coefficient (Wildman–Crippen LogP) is 0.296. The second-order valence-electron chi connectivity index (χ2n) is 4.26. The van der Waals surface area contributed by atoms with Crippen LogP contribution in [0.5, 0.6) is 0 Å². The zero-order chi connectivity index (χ0) is 13.0. The lowest BCUT2D eigenvalue weighted by atomic mass is 10.1. The Morgan fingerprint density at radius 2 is 2.00 bits per heavy atom. The van der Waals surface area contributed by atoms with Gasteiger partial charge in [-0.1, -0.05) is 30.3 Å². The Hall–Kier alpha value is -0.980. The van der Waals surface area contributed by atoms with Crippen molar-refractivity contribution in [3.63, 3.8) is 0 Å². The number of rotatable bonds is 4. The third-order valence-electron chi connectivity index (χ3n) is 2.95. The molecule has 4 unspecified atom stereocenters. The smallest absolute Gasteiger partial charge is 0.186 e. The topological polar surface area (TPSA) is 68.2 Å². The van der Waals surface area contributed by atoms with Crippen LogP contribution >= 0.6 is 0 Å². The van der Waals surface area contributed by atoms with Crippen molar-refractivity contribution in [1.29, 1.82) is 0 Å². The third-order valence-corrected chi connectivity index (χ3v) is 2.95. The fraction of sp³-hybridized carbons (Fsp3) is 0.538. The minimum absolute atomic E-state index is 0.0465. The van der Waals surface area contributed by atoms with Crippen molar-refractivity contribution in [2.45, 2.75) is 31.2 Å². The normalized spacial score (nSPS) is 32.4. The molecular formula is C13H18O5. The molecule has 1 fully saturated rings. The minimum Gasteiger partial charge on any atom is -0.388 e. The van der Waals surface area contributed by atoms with Gasteiger partial charge >= 0.3 is 0 Å². The summed E-state index contributed by atoms with van der Waals surface area (Å²) in [7, 11) is 1.48. The van der Waals surface area contributed by atoms with E-state index in [1.54, 1.807) is 0 Å². The Labute approximate surface area is 106 Å². The van der Waals surface area contributed by atoms with E-state index >= 15 is 0 Å². The van der Waals surface area contributed by atoms with Crippen LogP contribution < -0.4 is 0 Å². The first-order valence-electron chi connectivity index (χ1n) is 5.88. The summed E-state index contributed by atoms with van der Waals surface area (Å²) in [5.74, 6) is 0. The van der Waals surface area contributed by atoms with Crippen molar-refractivity contribution in [2.24, 2.45) is 0 Å². The van der Waals surface area contributed by atoms with Gasteiger partial charge in [0, 0.05) is 7.11 Å². The highest BCUT2D eigenvalue weighted by atomic mass is 16.7. The number of aliphatic hydroxyl groups is 2. The maximum absolute atomic E-state index is 9.88. The Morgan fingerprint density at radius 1 is 1.28 bits per heavy atom. The van der Waals surface area contributed by atoms with Crippen LogP contribution in [0.15, 0.2) is 30.3 Å². The highest BCUT2D eigenvalue weighted by molar-refractivity contribution is 5.13. The predicted molar refractivity (Wildman–Crippen MR) is 63.8 cm³/mol. The van der Waals surface area contributed by atoms with Gasteiger partial charge in [0.2, 0.25) is 0 Å². The molecule has 2 rings (SSSR count). The molecule has 2 N–H and O–H groups in total. The van der Waals surface area contributed by atoms with Crippen LogP contribution in [0.25, 0.3) is 0 Å². The minimum atomic E-state index is -1.01. The van der Waals surface area contributed by atoms with Gasteiger partial charge in [0.25, 0.3) is 0 Å². The second kappa shape index (κ2) is 6.26. The summed E-state index contributed by atoms with van der Waals surface area (Å²) >= 11 is 0. The van der Waals surface area contributed by atoms with Crippen LogP contribution in [0.3, 0.4) is 0 Å². The van der Waals surface area contributed by atoms with Gasteiger partial charge in [0.05, 0.1) is 13.2 Å². The van der Waals surface area contributed by atoms with Crippen molar-refractivity contribution in [3.05, 3.63) is 35.9 Å². The number of hydrogen-bond donors (Lipinski definition) is 2. The molecule has 1 aromatic carbocycles. The fourth-order valence-corrected chi connectivity index (χ4v) is 1.91. The molecule has 1 heterocycles. The summed E-state index contributed by atoms with van der Waals surface area (Å²) in [6.07, 6.45) is -3.31. The Kier molecular flexibility index (Phi) is 4.68. The average Bonchev–Trinajstić information content (AvgIpc) is 2.41. The maximum Gasteiger partial charge on any atom is 0.186 e. The molecule has 0 amide bonds. The lowest BCUT2D eigenvalue weighted by molar-refractivity contribution is -0.276. The van der Waals surface area contributed by atoms with E-state index in [1.807, 2.05) is 30.3 Å². The van der Waals surface area contributed by atoms with E-state index in [0.29, 0.717) is 6.61 Å². The van der Waals surface area contributed by atoms with Crippen molar-refractivity contribution < 1.29 is 24.4 Å². The third kappa shape index (κ3) is 3.07. The molecule has 1 aliphatic rings. The highest BCUT2D eigenvalue weighted by Crippen LogP contribution is 2.20. The van der Waals surface area contributed by atoms with E-state index in [2.05, 4.69) is 0 Å². The van der Waals surface area contributed by atoms with E-state index in [0.717, 1.165) is 5.56 Å². The van der Waals surface area contributed by atoms with Gasteiger partial charge in [0.1, 0.15) is 18.3 Å². The zero-order valence-electron chi connectivity index (χ0n) is 10.2. The van der Waals surface area contributed by atoms with Gasteiger partial charge in [-0.2, -0.15) is 0 Å². The maximum atomic E-state index is 9.88. The van der Waals surface area contributed by atoms with Crippen LogP contribution in [0, 0.1) is 0 Å². The SMILES string of the molecule is COC1OCC(O)C(O)C1OCc1ccccc1. The van der Waals surface area contributed by atoms with Crippen molar-refractivity contribution in [2.75, 3.05) is 13.7 Å². The molecular weight excluding hydrogens is 236 g/mol. The highest BCUT2D eigenvalue weighted by Gasteiger charge is 2.39. The fourth-order valence-electron chi connectivity index (χ4n) is 1.91. The molecule has 18 heavy (non-hydrogen) atoms. The molecule has 5 nitrogen and oxygen atoms in total. The van der Waals surface area contributed by atoms with Crippen LogP contribution in [0.4, 0.5) is 0 Å². The summed E-state index contributed by atoms with van der Waals surface area (Å²) < 4.78 is 15.9. The quantitative estimate of drug-likeness (QED) is 0.808. The molecule has 0 saturated carbocycles. The van der Waals surface area contributed by atoms with Crippen molar-refractivity contribution in [1.82, 2.24) is 0 Å². The second-order valence-corrected chi connectivity index (χ2v) is 4.26. The molecule has 0 aromatic heterocycles. The number of aliphatic hydroxyl groups excluding tert-OH is 2. The Morgan fingerprint density at radius 3 is 2.67 bits per heavy atom. The van der Waals surface area contributed by atoms with Gasteiger partial charge in [-0.25, -0.2) is 0 Å². The number of hydrogen-bond acceptors (Lipinski definition) is 5. The zero-order valence-corrected chi connectivity index (χ0v) is 10.2. The first kappa shape index (κ1) is 13.5. The first-order chi connectivity index (χ1) is 8.72. The first-order valence-corrected chi connectivity index (χ1v) is 5.88. The summed E-state index contributed by atoms with van der Waals surface area (Å²) in [6.45, 7) is 0.378. The number of methoxy groups -OCH3 is 1. The van der Waals surface area contributed by atoms with Crippen molar-refractivity contribution in [3.8, 4) is 0 Å². The summed E-state index contributed by atoms with van der Waals surface area (Å²) in [5.41, 5.74) is 0.986. The largest absolute Gasteiger partial charge is 0.388 e.